The van der Waals surface area contributed by atoms with E-state index in [0.717, 1.165) is 47.8 Å². The molecule has 0 spiro atoms. The van der Waals surface area contributed by atoms with Crippen LogP contribution in [0.1, 0.15) is 24.0 Å². The quantitative estimate of drug-likeness (QED) is 0.488. The van der Waals surface area contributed by atoms with Gasteiger partial charge in [0.1, 0.15) is 11.5 Å². The molecule has 0 saturated carbocycles. The molecule has 0 bridgehead atoms. The monoisotopic (exact) mass is 282 g/mol. The van der Waals surface area contributed by atoms with Crippen molar-refractivity contribution in [1.82, 2.24) is 0 Å². The molecular weight excluding hydrogens is 264 g/mol. The zero-order valence-electron chi connectivity index (χ0n) is 12.1. The first-order valence-corrected chi connectivity index (χ1v) is 7.21. The van der Waals surface area contributed by atoms with Crippen LogP contribution in [0.5, 0.6) is 11.5 Å². The topological polar surface area (TPSA) is 35.5 Å². The van der Waals surface area contributed by atoms with Crippen molar-refractivity contribution in [2.24, 2.45) is 0 Å². The molecule has 0 aromatic heterocycles. The molecule has 3 nitrogen and oxygen atoms in total. The van der Waals surface area contributed by atoms with E-state index in [2.05, 4.69) is 6.58 Å². The summed E-state index contributed by atoms with van der Waals surface area (Å²) >= 11 is 0. The van der Waals surface area contributed by atoms with Crippen molar-refractivity contribution in [3.05, 3.63) is 48.0 Å². The number of methoxy groups -OCH3 is 1. The van der Waals surface area contributed by atoms with Crippen LogP contribution >= 0.6 is 0 Å². The van der Waals surface area contributed by atoms with Crippen LogP contribution < -0.4 is 9.47 Å². The fourth-order valence-electron chi connectivity index (χ4n) is 3.10. The summed E-state index contributed by atoms with van der Waals surface area (Å²) < 4.78 is 11.2. The highest BCUT2D eigenvalue weighted by molar-refractivity contribution is 5.98. The van der Waals surface area contributed by atoms with Crippen molar-refractivity contribution in [2.75, 3.05) is 7.11 Å². The third-order valence-corrected chi connectivity index (χ3v) is 4.01. The second-order valence-corrected chi connectivity index (χ2v) is 5.20. The van der Waals surface area contributed by atoms with Crippen LogP contribution in [-0.2, 0) is 17.6 Å². The first-order chi connectivity index (χ1) is 10.3. The zero-order chi connectivity index (χ0) is 14.8. The molecule has 0 radical (unpaired) electrons. The first kappa shape index (κ1) is 13.7. The molecule has 2 aromatic rings. The summed E-state index contributed by atoms with van der Waals surface area (Å²) in [6, 6.07) is 7.90. The molecule has 0 atom stereocenters. The third kappa shape index (κ3) is 2.29. The van der Waals surface area contributed by atoms with Crippen molar-refractivity contribution >= 4 is 16.7 Å². The van der Waals surface area contributed by atoms with E-state index in [1.165, 1.54) is 11.6 Å². The summed E-state index contributed by atoms with van der Waals surface area (Å²) in [6.45, 7) is 3.48. The Morgan fingerprint density at radius 2 is 1.67 bits per heavy atom. The maximum atomic E-state index is 11.7. The van der Waals surface area contributed by atoms with Crippen molar-refractivity contribution < 1.29 is 14.3 Å². The van der Waals surface area contributed by atoms with Gasteiger partial charge in [-0.05, 0) is 25.7 Å². The minimum absolute atomic E-state index is 0.418. The summed E-state index contributed by atoms with van der Waals surface area (Å²) in [6.07, 6.45) is 5.32. The average Bonchev–Trinajstić information content (AvgIpc) is 2.54. The Morgan fingerprint density at radius 1 is 1.10 bits per heavy atom. The third-order valence-electron chi connectivity index (χ3n) is 4.01. The average molecular weight is 282 g/mol. The van der Waals surface area contributed by atoms with Crippen LogP contribution in [-0.4, -0.2) is 13.1 Å². The van der Waals surface area contributed by atoms with Crippen LogP contribution in [0.3, 0.4) is 0 Å². The van der Waals surface area contributed by atoms with Crippen LogP contribution in [0.25, 0.3) is 10.8 Å². The molecule has 1 aliphatic carbocycles. The molecule has 0 saturated heterocycles. The maximum Gasteiger partial charge on any atom is 0.335 e. The maximum absolute atomic E-state index is 11.7. The Balaban J connectivity index is 2.33. The molecule has 3 rings (SSSR count). The van der Waals surface area contributed by atoms with E-state index in [9.17, 15) is 4.79 Å². The molecule has 0 N–H and O–H groups in total. The number of rotatable bonds is 3. The highest BCUT2D eigenvalue weighted by Crippen LogP contribution is 2.44. The van der Waals surface area contributed by atoms with Gasteiger partial charge in [-0.15, -0.1) is 0 Å². The lowest BCUT2D eigenvalue weighted by molar-refractivity contribution is -0.128. The van der Waals surface area contributed by atoms with E-state index in [1.54, 1.807) is 7.11 Å². The van der Waals surface area contributed by atoms with Gasteiger partial charge in [-0.2, -0.15) is 0 Å². The van der Waals surface area contributed by atoms with Gasteiger partial charge in [0.05, 0.1) is 7.11 Å². The summed E-state index contributed by atoms with van der Waals surface area (Å²) in [5, 5.41) is 1.91. The molecule has 0 fully saturated rings. The fourth-order valence-corrected chi connectivity index (χ4v) is 3.10. The minimum atomic E-state index is -0.418. The largest absolute Gasteiger partial charge is 0.496 e. The van der Waals surface area contributed by atoms with Gasteiger partial charge in [0, 0.05) is 28.0 Å². The highest BCUT2D eigenvalue weighted by Gasteiger charge is 2.24. The molecule has 0 aliphatic heterocycles. The summed E-state index contributed by atoms with van der Waals surface area (Å²) in [7, 11) is 1.70. The second-order valence-electron chi connectivity index (χ2n) is 5.20. The molecule has 0 amide bonds. The number of benzene rings is 2. The molecule has 108 valence electrons. The number of esters is 1. The van der Waals surface area contributed by atoms with E-state index in [4.69, 9.17) is 9.47 Å². The van der Waals surface area contributed by atoms with Crippen LogP contribution in [0.15, 0.2) is 36.9 Å². The number of hydrogen-bond acceptors (Lipinski definition) is 3. The molecular formula is C18H18O3. The van der Waals surface area contributed by atoms with Gasteiger partial charge in [0.2, 0.25) is 0 Å². The SMILES string of the molecule is C=CC(=O)Oc1c2c(c(OC)c3ccccc13)CCCC2. The lowest BCUT2D eigenvalue weighted by Gasteiger charge is -2.23. The summed E-state index contributed by atoms with van der Waals surface area (Å²) in [5.41, 5.74) is 2.28. The zero-order valence-corrected chi connectivity index (χ0v) is 12.1. The van der Waals surface area contributed by atoms with Crippen LogP contribution in [0.4, 0.5) is 0 Å². The lowest BCUT2D eigenvalue weighted by atomic mass is 9.87. The number of hydrogen-bond donors (Lipinski definition) is 0. The van der Waals surface area contributed by atoms with Crippen molar-refractivity contribution in [2.45, 2.75) is 25.7 Å². The first-order valence-electron chi connectivity index (χ1n) is 7.21. The number of carbonyl (C=O) groups is 1. The lowest BCUT2D eigenvalue weighted by Crippen LogP contribution is -2.12. The Morgan fingerprint density at radius 3 is 2.24 bits per heavy atom. The normalized spacial score (nSPS) is 13.6. The molecule has 2 aromatic carbocycles. The number of carbonyl (C=O) groups excluding carboxylic acids is 1. The molecule has 3 heteroatoms. The standard InChI is InChI=1S/C18H18O3/c1-3-16(19)21-18-14-10-6-4-8-12(14)17(20-2)13-9-5-7-11-15(13)18/h3-4,6,8,10H,1,5,7,9,11H2,2H3. The smallest absolute Gasteiger partial charge is 0.335 e. The molecule has 0 heterocycles. The number of fused-ring (bicyclic) bond motifs is 2. The van der Waals surface area contributed by atoms with Gasteiger partial charge in [0.15, 0.2) is 0 Å². The fraction of sp³-hybridized carbons (Fsp3) is 0.278. The van der Waals surface area contributed by atoms with E-state index in [-0.39, 0.29) is 0 Å². The summed E-state index contributed by atoms with van der Waals surface area (Å²) in [5.74, 6) is 1.17. The Kier molecular flexibility index (Phi) is 3.65. The van der Waals surface area contributed by atoms with Gasteiger partial charge in [0.25, 0.3) is 0 Å². The summed E-state index contributed by atoms with van der Waals surface area (Å²) in [4.78, 5) is 11.7. The van der Waals surface area contributed by atoms with E-state index >= 15 is 0 Å². The molecule has 0 unspecified atom stereocenters. The van der Waals surface area contributed by atoms with Crippen LogP contribution in [0, 0.1) is 0 Å². The van der Waals surface area contributed by atoms with Crippen molar-refractivity contribution in [1.29, 1.82) is 0 Å². The van der Waals surface area contributed by atoms with Crippen molar-refractivity contribution in [3.8, 4) is 11.5 Å². The van der Waals surface area contributed by atoms with Gasteiger partial charge in [-0.3, -0.25) is 0 Å². The highest BCUT2D eigenvalue weighted by atomic mass is 16.5. The predicted octanol–water partition coefficient (Wildman–Crippen LogP) is 3.82. The van der Waals surface area contributed by atoms with Crippen LogP contribution in [0.2, 0.25) is 0 Å². The molecule has 21 heavy (non-hydrogen) atoms. The predicted molar refractivity (Wildman–Crippen MR) is 83.0 cm³/mol. The number of ether oxygens (including phenoxy) is 2. The Bertz CT molecular complexity index is 716. The van der Waals surface area contributed by atoms with Gasteiger partial charge in [-0.1, -0.05) is 30.8 Å². The van der Waals surface area contributed by atoms with Gasteiger partial charge in [-0.25, -0.2) is 4.79 Å². The van der Waals surface area contributed by atoms with E-state index < -0.39 is 5.97 Å². The molecule has 1 aliphatic rings. The Labute approximate surface area is 124 Å². The van der Waals surface area contributed by atoms with Gasteiger partial charge >= 0.3 is 5.97 Å². The minimum Gasteiger partial charge on any atom is -0.496 e. The second kappa shape index (κ2) is 5.60. The Hall–Kier alpha value is -2.29. The van der Waals surface area contributed by atoms with E-state index in [0.29, 0.717) is 5.75 Å². The van der Waals surface area contributed by atoms with E-state index in [1.807, 2.05) is 24.3 Å². The van der Waals surface area contributed by atoms with Crippen molar-refractivity contribution in [3.63, 3.8) is 0 Å². The van der Waals surface area contributed by atoms with Gasteiger partial charge < -0.3 is 9.47 Å².